The van der Waals surface area contributed by atoms with Crippen molar-refractivity contribution in [3.63, 3.8) is 0 Å². The third-order valence-corrected chi connectivity index (χ3v) is 1.44. The summed E-state index contributed by atoms with van der Waals surface area (Å²) in [5, 5.41) is 8.31. The molecule has 0 radical (unpaired) electrons. The van der Waals surface area contributed by atoms with Gasteiger partial charge in [-0.2, -0.15) is 5.26 Å². The molecule has 0 atom stereocenters. The molecular weight excluding hydrogens is 213 g/mol. The second kappa shape index (κ2) is 4.04. The third-order valence-electron chi connectivity index (χ3n) is 1.44. The number of nitriles is 1. The zero-order valence-corrected chi connectivity index (χ0v) is 7.26. The van der Waals surface area contributed by atoms with Gasteiger partial charge in [0.15, 0.2) is 5.75 Å². The Balaban J connectivity index is 3.02. The van der Waals surface area contributed by atoms with E-state index in [0.717, 1.165) is 12.3 Å². The summed E-state index contributed by atoms with van der Waals surface area (Å²) in [7, 11) is 0. The molecule has 0 aliphatic rings. The summed E-state index contributed by atoms with van der Waals surface area (Å²) in [5.74, 6) is -0.866. The molecule has 80 valence electrons. The average Bonchev–Trinajstić information content (AvgIpc) is 2.09. The van der Waals surface area contributed by atoms with Crippen LogP contribution in [0.1, 0.15) is 5.56 Å². The van der Waals surface area contributed by atoms with Crippen LogP contribution in [0.3, 0.4) is 0 Å². The SMILES string of the molecule is N#CCc1c[nH]c(=O)c(OC(F)(F)F)c1. The second-order valence-electron chi connectivity index (χ2n) is 2.58. The number of alkyl halides is 3. The Kier molecular flexibility index (Phi) is 2.99. The lowest BCUT2D eigenvalue weighted by Gasteiger charge is -2.07. The van der Waals surface area contributed by atoms with E-state index in [1.54, 1.807) is 6.07 Å². The molecule has 1 N–H and O–H groups in total. The first-order valence-corrected chi connectivity index (χ1v) is 3.76. The van der Waals surface area contributed by atoms with Crippen molar-refractivity contribution in [2.45, 2.75) is 12.8 Å². The third kappa shape index (κ3) is 3.34. The van der Waals surface area contributed by atoms with Crippen molar-refractivity contribution in [1.29, 1.82) is 5.26 Å². The molecule has 0 aliphatic heterocycles. The summed E-state index contributed by atoms with van der Waals surface area (Å²) in [5.41, 5.74) is -0.745. The summed E-state index contributed by atoms with van der Waals surface area (Å²) in [6.07, 6.45) is -3.86. The van der Waals surface area contributed by atoms with E-state index in [2.05, 4.69) is 4.74 Å². The standard InChI is InChI=1S/C8H5F3N2O2/c9-8(10,11)15-6-3-5(1-2-12)4-13-7(6)14/h3-4H,1H2,(H,13,14). The van der Waals surface area contributed by atoms with E-state index in [0.29, 0.717) is 0 Å². The Morgan fingerprint density at radius 2 is 2.20 bits per heavy atom. The van der Waals surface area contributed by atoms with Crippen molar-refractivity contribution >= 4 is 0 Å². The van der Waals surface area contributed by atoms with Crippen LogP contribution in [-0.2, 0) is 6.42 Å². The highest BCUT2D eigenvalue weighted by atomic mass is 19.4. The van der Waals surface area contributed by atoms with E-state index in [-0.39, 0.29) is 12.0 Å². The molecule has 0 amide bonds. The van der Waals surface area contributed by atoms with Crippen molar-refractivity contribution in [2.24, 2.45) is 0 Å². The van der Waals surface area contributed by atoms with Crippen LogP contribution in [0.25, 0.3) is 0 Å². The molecule has 0 aliphatic carbocycles. The summed E-state index contributed by atoms with van der Waals surface area (Å²) in [4.78, 5) is 12.9. The Morgan fingerprint density at radius 3 is 2.73 bits per heavy atom. The van der Waals surface area contributed by atoms with Crippen LogP contribution in [0.2, 0.25) is 0 Å². The van der Waals surface area contributed by atoms with Crippen molar-refractivity contribution in [2.75, 3.05) is 0 Å². The quantitative estimate of drug-likeness (QED) is 0.814. The minimum Gasteiger partial charge on any atom is -0.400 e. The van der Waals surface area contributed by atoms with Gasteiger partial charge in [-0.3, -0.25) is 4.79 Å². The number of nitrogens with one attached hydrogen (secondary N) is 1. The molecule has 1 rings (SSSR count). The maximum absolute atomic E-state index is 11.8. The molecule has 15 heavy (non-hydrogen) atoms. The van der Waals surface area contributed by atoms with Gasteiger partial charge in [0.2, 0.25) is 0 Å². The number of halogens is 3. The Hall–Kier alpha value is -1.97. The highest BCUT2D eigenvalue weighted by molar-refractivity contribution is 5.25. The topological polar surface area (TPSA) is 65.9 Å². The van der Waals surface area contributed by atoms with Gasteiger partial charge in [0.05, 0.1) is 12.5 Å². The summed E-state index contributed by atoms with van der Waals surface area (Å²) in [6, 6.07) is 2.62. The molecule has 0 spiro atoms. The van der Waals surface area contributed by atoms with Crippen LogP contribution in [0, 0.1) is 11.3 Å². The fraction of sp³-hybridized carbons (Fsp3) is 0.250. The van der Waals surface area contributed by atoms with Crippen LogP contribution in [0.5, 0.6) is 5.75 Å². The fourth-order valence-corrected chi connectivity index (χ4v) is 0.899. The highest BCUT2D eigenvalue weighted by Crippen LogP contribution is 2.19. The van der Waals surface area contributed by atoms with Crippen LogP contribution >= 0.6 is 0 Å². The normalized spacial score (nSPS) is 10.8. The molecule has 0 saturated carbocycles. The zero-order chi connectivity index (χ0) is 11.5. The predicted molar refractivity (Wildman–Crippen MR) is 43.1 cm³/mol. The first kappa shape index (κ1) is 11.1. The minimum atomic E-state index is -4.92. The number of aromatic amines is 1. The molecule has 0 unspecified atom stereocenters. The highest BCUT2D eigenvalue weighted by Gasteiger charge is 2.32. The van der Waals surface area contributed by atoms with Gasteiger partial charge in [-0.05, 0) is 11.6 Å². The molecule has 7 heteroatoms. The average molecular weight is 218 g/mol. The lowest BCUT2D eigenvalue weighted by molar-refractivity contribution is -0.275. The van der Waals surface area contributed by atoms with Gasteiger partial charge in [0, 0.05) is 6.20 Å². The smallest absolute Gasteiger partial charge is 0.400 e. The molecule has 1 aromatic heterocycles. The number of H-pyrrole nitrogens is 1. The van der Waals surface area contributed by atoms with Crippen LogP contribution < -0.4 is 10.3 Å². The molecule has 0 fully saturated rings. The van der Waals surface area contributed by atoms with Gasteiger partial charge in [0.25, 0.3) is 5.56 Å². The molecule has 4 nitrogen and oxygen atoms in total. The summed E-state index contributed by atoms with van der Waals surface area (Å²) < 4.78 is 38.9. The number of aromatic nitrogens is 1. The number of hydrogen-bond donors (Lipinski definition) is 1. The molecular formula is C8H5F3N2O2. The lowest BCUT2D eigenvalue weighted by Crippen LogP contribution is -2.22. The molecule has 0 saturated heterocycles. The number of hydrogen-bond acceptors (Lipinski definition) is 3. The van der Waals surface area contributed by atoms with Crippen LogP contribution in [-0.4, -0.2) is 11.3 Å². The van der Waals surface area contributed by atoms with Gasteiger partial charge >= 0.3 is 6.36 Å². The van der Waals surface area contributed by atoms with Crippen LogP contribution in [0.4, 0.5) is 13.2 Å². The zero-order valence-electron chi connectivity index (χ0n) is 7.26. The van der Waals surface area contributed by atoms with Crippen molar-refractivity contribution in [1.82, 2.24) is 4.98 Å². The van der Waals surface area contributed by atoms with E-state index >= 15 is 0 Å². The Morgan fingerprint density at radius 1 is 1.53 bits per heavy atom. The van der Waals surface area contributed by atoms with Gasteiger partial charge in [-0.15, -0.1) is 13.2 Å². The Labute approximate surface area is 81.9 Å². The van der Waals surface area contributed by atoms with E-state index in [9.17, 15) is 18.0 Å². The second-order valence-corrected chi connectivity index (χ2v) is 2.58. The minimum absolute atomic E-state index is 0.106. The Bertz CT molecular complexity index is 444. The van der Waals surface area contributed by atoms with Crippen LogP contribution in [0.15, 0.2) is 17.1 Å². The number of nitrogens with zero attached hydrogens (tertiary/aromatic N) is 1. The predicted octanol–water partition coefficient (Wildman–Crippen LogP) is 1.34. The van der Waals surface area contributed by atoms with Crippen molar-refractivity contribution < 1.29 is 17.9 Å². The first-order valence-electron chi connectivity index (χ1n) is 3.76. The lowest BCUT2D eigenvalue weighted by atomic mass is 10.2. The monoisotopic (exact) mass is 218 g/mol. The van der Waals surface area contributed by atoms with E-state index in [1.165, 1.54) is 0 Å². The largest absolute Gasteiger partial charge is 0.573 e. The number of rotatable bonds is 2. The van der Waals surface area contributed by atoms with E-state index in [1.807, 2.05) is 4.98 Å². The molecule has 1 heterocycles. The van der Waals surface area contributed by atoms with Gasteiger partial charge in [0.1, 0.15) is 0 Å². The summed E-state index contributed by atoms with van der Waals surface area (Å²) >= 11 is 0. The van der Waals surface area contributed by atoms with Gasteiger partial charge in [-0.25, -0.2) is 0 Å². The van der Waals surface area contributed by atoms with E-state index in [4.69, 9.17) is 5.26 Å². The summed E-state index contributed by atoms with van der Waals surface area (Å²) in [6.45, 7) is 0. The number of pyridine rings is 1. The maximum atomic E-state index is 11.8. The first-order chi connectivity index (χ1) is 6.92. The van der Waals surface area contributed by atoms with Crippen molar-refractivity contribution in [3.05, 3.63) is 28.2 Å². The fourth-order valence-electron chi connectivity index (χ4n) is 0.899. The van der Waals surface area contributed by atoms with E-state index < -0.39 is 17.7 Å². The number of ether oxygens (including phenoxy) is 1. The molecule has 1 aromatic rings. The van der Waals surface area contributed by atoms with Gasteiger partial charge < -0.3 is 9.72 Å². The molecule has 0 bridgehead atoms. The van der Waals surface area contributed by atoms with Gasteiger partial charge in [-0.1, -0.05) is 0 Å². The van der Waals surface area contributed by atoms with Crippen molar-refractivity contribution in [3.8, 4) is 11.8 Å². The maximum Gasteiger partial charge on any atom is 0.573 e. The molecule has 0 aromatic carbocycles.